The Kier molecular flexibility index (Phi) is 3.98. The molecule has 0 bridgehead atoms. The fourth-order valence-electron chi connectivity index (χ4n) is 2.72. The molecule has 0 unspecified atom stereocenters. The third kappa shape index (κ3) is 2.96. The molecule has 0 aliphatic carbocycles. The Morgan fingerprint density at radius 3 is 2.90 bits per heavy atom. The molecule has 112 valence electrons. The van der Waals surface area contributed by atoms with Gasteiger partial charge in [0.25, 0.3) is 0 Å². The van der Waals surface area contributed by atoms with Crippen molar-refractivity contribution in [2.45, 2.75) is 32.2 Å². The highest BCUT2D eigenvalue weighted by atomic mass is 32.1. The van der Waals surface area contributed by atoms with Gasteiger partial charge in [0.15, 0.2) is 5.69 Å². The quantitative estimate of drug-likeness (QED) is 0.883. The van der Waals surface area contributed by atoms with Gasteiger partial charge in [-0.1, -0.05) is 5.21 Å². The van der Waals surface area contributed by atoms with Gasteiger partial charge in [-0.2, -0.15) is 0 Å². The number of carboxylic acids is 1. The second kappa shape index (κ2) is 5.90. The van der Waals surface area contributed by atoms with E-state index in [-0.39, 0.29) is 11.6 Å². The molecule has 1 aliphatic rings. The Morgan fingerprint density at radius 1 is 1.52 bits per heavy atom. The Morgan fingerprint density at radius 2 is 2.29 bits per heavy atom. The van der Waals surface area contributed by atoms with Crippen LogP contribution >= 0.6 is 11.3 Å². The van der Waals surface area contributed by atoms with Gasteiger partial charge in [0, 0.05) is 11.3 Å². The standard InChI is InChI=1S/C13H17N5O2S/c1-8-15-10(7-21-8)6-18-12(9-2-4-14-5-3-9)11(13(19)20)16-17-18/h7,9,14H,2-6H2,1H3,(H,19,20). The molecule has 0 spiro atoms. The topological polar surface area (TPSA) is 92.9 Å². The minimum absolute atomic E-state index is 0.0776. The van der Waals surface area contributed by atoms with Crippen molar-refractivity contribution < 1.29 is 9.90 Å². The maximum atomic E-state index is 11.4. The molecule has 1 aliphatic heterocycles. The zero-order valence-electron chi connectivity index (χ0n) is 11.7. The lowest BCUT2D eigenvalue weighted by atomic mass is 9.93. The average Bonchev–Trinajstić information content (AvgIpc) is 3.07. The van der Waals surface area contributed by atoms with Crippen LogP contribution < -0.4 is 5.32 Å². The summed E-state index contributed by atoms with van der Waals surface area (Å²) in [5.74, 6) is -0.823. The zero-order valence-corrected chi connectivity index (χ0v) is 12.6. The summed E-state index contributed by atoms with van der Waals surface area (Å²) in [6.07, 6.45) is 1.81. The van der Waals surface area contributed by atoms with E-state index < -0.39 is 5.97 Å². The molecule has 7 nitrogen and oxygen atoms in total. The summed E-state index contributed by atoms with van der Waals surface area (Å²) in [7, 11) is 0. The molecule has 1 fully saturated rings. The Hall–Kier alpha value is -1.80. The highest BCUT2D eigenvalue weighted by molar-refractivity contribution is 7.09. The summed E-state index contributed by atoms with van der Waals surface area (Å²) < 4.78 is 1.70. The molecule has 2 aromatic heterocycles. The number of thiazole rings is 1. The number of nitrogens with zero attached hydrogens (tertiary/aromatic N) is 4. The molecule has 2 N–H and O–H groups in total. The van der Waals surface area contributed by atoms with Gasteiger partial charge in [-0.15, -0.1) is 16.4 Å². The average molecular weight is 307 g/mol. The number of hydrogen-bond donors (Lipinski definition) is 2. The van der Waals surface area contributed by atoms with Crippen LogP contribution in [0.2, 0.25) is 0 Å². The van der Waals surface area contributed by atoms with Crippen LogP contribution in [0, 0.1) is 6.92 Å². The van der Waals surface area contributed by atoms with E-state index in [1.165, 1.54) is 0 Å². The first-order valence-electron chi connectivity index (χ1n) is 6.93. The number of hydrogen-bond acceptors (Lipinski definition) is 6. The van der Waals surface area contributed by atoms with Crippen molar-refractivity contribution in [2.24, 2.45) is 0 Å². The van der Waals surface area contributed by atoms with E-state index in [4.69, 9.17) is 0 Å². The van der Waals surface area contributed by atoms with Gasteiger partial charge < -0.3 is 10.4 Å². The first-order chi connectivity index (χ1) is 10.1. The Bertz CT molecular complexity index is 645. The summed E-state index contributed by atoms with van der Waals surface area (Å²) >= 11 is 1.58. The van der Waals surface area contributed by atoms with E-state index in [0.29, 0.717) is 6.54 Å². The van der Waals surface area contributed by atoms with Crippen molar-refractivity contribution in [1.82, 2.24) is 25.3 Å². The molecule has 0 aromatic carbocycles. The van der Waals surface area contributed by atoms with Crippen molar-refractivity contribution in [3.63, 3.8) is 0 Å². The molecule has 0 atom stereocenters. The van der Waals surface area contributed by atoms with E-state index in [1.54, 1.807) is 16.0 Å². The Labute approximate surface area is 126 Å². The van der Waals surface area contributed by atoms with Crippen LogP contribution in [-0.4, -0.2) is 44.1 Å². The van der Waals surface area contributed by atoms with E-state index in [2.05, 4.69) is 20.6 Å². The summed E-state index contributed by atoms with van der Waals surface area (Å²) in [5.41, 5.74) is 1.71. The van der Waals surface area contributed by atoms with Crippen LogP contribution in [0.5, 0.6) is 0 Å². The van der Waals surface area contributed by atoms with Gasteiger partial charge >= 0.3 is 5.97 Å². The second-order valence-electron chi connectivity index (χ2n) is 5.17. The number of carbonyl (C=O) groups is 1. The molecular formula is C13H17N5O2S. The van der Waals surface area contributed by atoms with Crippen molar-refractivity contribution in [3.05, 3.63) is 27.5 Å². The second-order valence-corrected chi connectivity index (χ2v) is 6.23. The first kappa shape index (κ1) is 14.2. The van der Waals surface area contributed by atoms with Gasteiger partial charge in [-0.05, 0) is 32.9 Å². The summed E-state index contributed by atoms with van der Waals surface area (Å²) in [6, 6.07) is 0. The Balaban J connectivity index is 1.93. The van der Waals surface area contributed by atoms with Gasteiger partial charge in [0.2, 0.25) is 0 Å². The summed E-state index contributed by atoms with van der Waals surface area (Å²) in [4.78, 5) is 15.8. The number of nitrogens with one attached hydrogen (secondary N) is 1. The van der Waals surface area contributed by atoms with Gasteiger partial charge in [0.05, 0.1) is 22.9 Å². The maximum Gasteiger partial charge on any atom is 0.358 e. The van der Waals surface area contributed by atoms with Crippen LogP contribution in [0.4, 0.5) is 0 Å². The lowest BCUT2D eigenvalue weighted by molar-refractivity contribution is 0.0688. The summed E-state index contributed by atoms with van der Waals surface area (Å²) in [6.45, 7) is 4.21. The highest BCUT2D eigenvalue weighted by Gasteiger charge is 2.27. The third-order valence-corrected chi connectivity index (χ3v) is 4.50. The SMILES string of the molecule is Cc1nc(Cn2nnc(C(=O)O)c2C2CCNCC2)cs1. The monoisotopic (exact) mass is 307 g/mol. The first-order valence-corrected chi connectivity index (χ1v) is 7.81. The van der Waals surface area contributed by atoms with E-state index in [1.807, 2.05) is 12.3 Å². The molecule has 1 saturated heterocycles. The third-order valence-electron chi connectivity index (χ3n) is 3.68. The van der Waals surface area contributed by atoms with E-state index >= 15 is 0 Å². The molecule has 0 saturated carbocycles. The number of aromatic nitrogens is 4. The lowest BCUT2D eigenvalue weighted by Gasteiger charge is -2.23. The molecule has 8 heteroatoms. The molecule has 21 heavy (non-hydrogen) atoms. The number of carboxylic acid groups (broad SMARTS) is 1. The minimum Gasteiger partial charge on any atom is -0.476 e. The smallest absolute Gasteiger partial charge is 0.358 e. The number of rotatable bonds is 4. The molecule has 0 amide bonds. The normalized spacial score (nSPS) is 16.2. The highest BCUT2D eigenvalue weighted by Crippen LogP contribution is 2.27. The predicted molar refractivity (Wildman–Crippen MR) is 77.8 cm³/mol. The fraction of sp³-hybridized carbons (Fsp3) is 0.538. The van der Waals surface area contributed by atoms with Crippen LogP contribution in [0.3, 0.4) is 0 Å². The zero-order chi connectivity index (χ0) is 14.8. The van der Waals surface area contributed by atoms with Gasteiger partial charge in [0.1, 0.15) is 0 Å². The molecule has 0 radical (unpaired) electrons. The number of aryl methyl sites for hydroxylation is 1. The lowest BCUT2D eigenvalue weighted by Crippen LogP contribution is -2.28. The van der Waals surface area contributed by atoms with Crippen molar-refractivity contribution in [2.75, 3.05) is 13.1 Å². The van der Waals surface area contributed by atoms with Crippen LogP contribution in [0.1, 0.15) is 45.6 Å². The minimum atomic E-state index is -1.01. The van der Waals surface area contributed by atoms with Crippen molar-refractivity contribution >= 4 is 17.3 Å². The predicted octanol–water partition coefficient (Wildman–Crippen LogP) is 1.26. The van der Waals surface area contributed by atoms with Gasteiger partial charge in [-0.3, -0.25) is 0 Å². The van der Waals surface area contributed by atoms with Gasteiger partial charge in [-0.25, -0.2) is 14.5 Å². The molecular weight excluding hydrogens is 290 g/mol. The number of piperidine rings is 1. The van der Waals surface area contributed by atoms with Crippen LogP contribution in [0.15, 0.2) is 5.38 Å². The van der Waals surface area contributed by atoms with Crippen LogP contribution in [0.25, 0.3) is 0 Å². The fourth-order valence-corrected chi connectivity index (χ4v) is 3.33. The van der Waals surface area contributed by atoms with Crippen LogP contribution in [-0.2, 0) is 6.54 Å². The molecule has 3 rings (SSSR count). The van der Waals surface area contributed by atoms with Crippen molar-refractivity contribution in [3.8, 4) is 0 Å². The largest absolute Gasteiger partial charge is 0.476 e. The van der Waals surface area contributed by atoms with Crippen molar-refractivity contribution in [1.29, 1.82) is 0 Å². The van der Waals surface area contributed by atoms with E-state index in [0.717, 1.165) is 42.3 Å². The maximum absolute atomic E-state index is 11.4. The van der Waals surface area contributed by atoms with E-state index in [9.17, 15) is 9.90 Å². The molecule has 3 heterocycles. The number of aromatic carboxylic acids is 1. The molecule has 2 aromatic rings. The summed E-state index contributed by atoms with van der Waals surface area (Å²) in [5, 5.41) is 23.5.